The van der Waals surface area contributed by atoms with Gasteiger partial charge in [0.1, 0.15) is 5.75 Å². The maximum absolute atomic E-state index is 12.3. The lowest BCUT2D eigenvalue weighted by molar-refractivity contribution is 0.0948. The highest BCUT2D eigenvalue weighted by Gasteiger charge is 2.34. The van der Waals surface area contributed by atoms with Crippen molar-refractivity contribution in [1.82, 2.24) is 0 Å². The highest BCUT2D eigenvalue weighted by atomic mass is 32.2. The Morgan fingerprint density at radius 3 is 2.23 bits per heavy atom. The molecule has 0 amide bonds. The summed E-state index contributed by atoms with van der Waals surface area (Å²) in [7, 11) is -3.53. The number of Topliss-reactive ketones (excluding diaryl/α,β-unsaturated/α-hetero) is 1. The monoisotopic (exact) mass is 318 g/mol. The lowest BCUT2D eigenvalue weighted by atomic mass is 9.88. The van der Waals surface area contributed by atoms with E-state index in [1.165, 1.54) is 12.1 Å². The third-order valence-corrected chi connectivity index (χ3v) is 4.05. The van der Waals surface area contributed by atoms with Crippen LogP contribution in [0.1, 0.15) is 42.6 Å². The zero-order chi connectivity index (χ0) is 16.1. The quantitative estimate of drug-likeness (QED) is 0.675. The maximum Gasteiger partial charge on any atom is 0.229 e. The molecule has 6 nitrogen and oxygen atoms in total. The van der Waals surface area contributed by atoms with E-state index in [2.05, 4.69) is 0 Å². The number of hydrogen-bond donors (Lipinski definition) is 0. The fourth-order valence-electron chi connectivity index (χ4n) is 2.32. The molecule has 0 atom stereocenters. The first-order valence-electron chi connectivity index (χ1n) is 6.31. The molecule has 7 heteroatoms. The van der Waals surface area contributed by atoms with E-state index >= 15 is 0 Å². The van der Waals surface area contributed by atoms with E-state index in [1.807, 2.05) is 0 Å². The minimum atomic E-state index is -3.53. The van der Waals surface area contributed by atoms with E-state index in [-0.39, 0.29) is 28.2 Å². The molecule has 1 aliphatic rings. The van der Waals surface area contributed by atoms with Crippen LogP contribution in [0.25, 0.3) is 0 Å². The Bertz CT molecular complexity index is 880. The van der Waals surface area contributed by atoms with Gasteiger partial charge < -0.3 is 4.42 Å². The molecule has 1 heterocycles. The van der Waals surface area contributed by atoms with Crippen molar-refractivity contribution >= 4 is 27.2 Å². The van der Waals surface area contributed by atoms with Crippen molar-refractivity contribution in [3.05, 3.63) is 58.5 Å². The molecule has 0 spiro atoms. The molecule has 1 aromatic heterocycles. The normalized spacial score (nSPS) is 13.7. The molecule has 22 heavy (non-hydrogen) atoms. The molecule has 112 valence electrons. The highest BCUT2D eigenvalue weighted by Crippen LogP contribution is 2.29. The molecule has 2 aromatic rings. The summed E-state index contributed by atoms with van der Waals surface area (Å²) < 4.78 is 27.5. The number of ketones is 3. The van der Waals surface area contributed by atoms with Gasteiger partial charge in [-0.25, -0.2) is 8.42 Å². The second kappa shape index (κ2) is 4.74. The minimum Gasteiger partial charge on any atom is -0.449 e. The van der Waals surface area contributed by atoms with Crippen molar-refractivity contribution < 1.29 is 27.2 Å². The van der Waals surface area contributed by atoms with Crippen LogP contribution in [0.4, 0.5) is 0 Å². The Morgan fingerprint density at radius 1 is 1.05 bits per heavy atom. The van der Waals surface area contributed by atoms with Gasteiger partial charge in [-0.15, -0.1) is 0 Å². The smallest absolute Gasteiger partial charge is 0.229 e. The van der Waals surface area contributed by atoms with Gasteiger partial charge >= 0.3 is 0 Å². The van der Waals surface area contributed by atoms with Crippen LogP contribution in [-0.2, 0) is 9.84 Å². The first kappa shape index (κ1) is 14.4. The van der Waals surface area contributed by atoms with Crippen molar-refractivity contribution in [2.45, 2.75) is 0 Å². The lowest BCUT2D eigenvalue weighted by Gasteiger charge is -2.11. The van der Waals surface area contributed by atoms with E-state index < -0.39 is 32.9 Å². The zero-order valence-corrected chi connectivity index (χ0v) is 12.3. The predicted molar refractivity (Wildman–Crippen MR) is 76.1 cm³/mol. The number of fused-ring (bicyclic) bond motifs is 2. The fraction of sp³-hybridized carbons (Fsp3) is 0.133. The number of carbonyl (C=O) groups excluding carboxylic acids is 3. The molecule has 0 aliphatic heterocycles. The Balaban J connectivity index is 2.08. The van der Waals surface area contributed by atoms with Gasteiger partial charge in [-0.05, 0) is 6.07 Å². The summed E-state index contributed by atoms with van der Waals surface area (Å²) in [5, 5.41) is 0. The molecule has 3 rings (SSSR count). The number of carbonyl (C=O) groups is 3. The summed E-state index contributed by atoms with van der Waals surface area (Å²) in [6.45, 7) is 0. The summed E-state index contributed by atoms with van der Waals surface area (Å²) in [5.74, 6) is -2.97. The van der Waals surface area contributed by atoms with Crippen LogP contribution in [0.5, 0.6) is 0 Å². The lowest BCUT2D eigenvalue weighted by Crippen LogP contribution is -2.18. The molecule has 0 saturated carbocycles. The van der Waals surface area contributed by atoms with E-state index in [0.29, 0.717) is 0 Å². The highest BCUT2D eigenvalue weighted by molar-refractivity contribution is 7.91. The topological polar surface area (TPSA) is 98.5 Å². The van der Waals surface area contributed by atoms with E-state index in [9.17, 15) is 22.8 Å². The third kappa shape index (κ3) is 2.29. The van der Waals surface area contributed by atoms with Gasteiger partial charge in [-0.1, -0.05) is 24.3 Å². The number of furan rings is 1. The third-order valence-electron chi connectivity index (χ3n) is 3.27. The number of hydrogen-bond acceptors (Lipinski definition) is 6. The summed E-state index contributed by atoms with van der Waals surface area (Å²) in [5.41, 5.74) is 0.430. The number of benzene rings is 1. The van der Waals surface area contributed by atoms with Crippen molar-refractivity contribution in [2.24, 2.45) is 0 Å². The number of rotatable bonds is 3. The van der Waals surface area contributed by atoms with Crippen molar-refractivity contribution in [2.75, 3.05) is 12.0 Å². The van der Waals surface area contributed by atoms with Crippen LogP contribution in [0.2, 0.25) is 0 Å². The zero-order valence-electron chi connectivity index (χ0n) is 11.5. The van der Waals surface area contributed by atoms with Crippen LogP contribution in [0.15, 0.2) is 34.7 Å². The predicted octanol–water partition coefficient (Wildman–Crippen LogP) is 1.28. The molecule has 0 radical (unpaired) electrons. The number of sulfone groups is 1. The molecular formula is C15H10O6S. The first-order valence-corrected chi connectivity index (χ1v) is 8.37. The second-order valence-corrected chi connectivity index (χ2v) is 7.19. The Hall–Kier alpha value is -2.54. The van der Waals surface area contributed by atoms with Crippen molar-refractivity contribution in [1.29, 1.82) is 0 Å². The Labute approximate surface area is 125 Å². The average Bonchev–Trinajstić information content (AvgIpc) is 2.89. The fourth-order valence-corrected chi connectivity index (χ4v) is 2.94. The minimum absolute atomic E-state index is 0.0134. The van der Waals surface area contributed by atoms with Gasteiger partial charge in [0.05, 0.1) is 5.56 Å². The van der Waals surface area contributed by atoms with Crippen LogP contribution in [0.3, 0.4) is 0 Å². The van der Waals surface area contributed by atoms with Crippen LogP contribution in [0, 0.1) is 0 Å². The van der Waals surface area contributed by atoms with Crippen molar-refractivity contribution in [3.63, 3.8) is 0 Å². The van der Waals surface area contributed by atoms with Gasteiger partial charge in [-0.3, -0.25) is 14.4 Å². The first-order chi connectivity index (χ1) is 10.3. The molecule has 0 unspecified atom stereocenters. The van der Waals surface area contributed by atoms with Crippen LogP contribution in [-0.4, -0.2) is 37.8 Å². The van der Waals surface area contributed by atoms with Crippen molar-refractivity contribution in [3.8, 4) is 0 Å². The van der Waals surface area contributed by atoms with Gasteiger partial charge in [0.25, 0.3) is 0 Å². The summed E-state index contributed by atoms with van der Waals surface area (Å²) >= 11 is 0. The molecule has 0 fully saturated rings. The van der Waals surface area contributed by atoms with Gasteiger partial charge in [-0.2, -0.15) is 0 Å². The molecule has 0 N–H and O–H groups in total. The molecule has 0 saturated heterocycles. The largest absolute Gasteiger partial charge is 0.449 e. The summed E-state index contributed by atoms with van der Waals surface area (Å²) in [6, 6.07) is 7.40. The Morgan fingerprint density at radius 2 is 1.64 bits per heavy atom. The SMILES string of the molecule is CS(=O)(=O)CC(=O)c1cc2c(o1)C(=O)c1ccccc1C2=O. The van der Waals surface area contributed by atoms with Gasteiger partial charge in [0.15, 0.2) is 27.1 Å². The summed E-state index contributed by atoms with van der Waals surface area (Å²) in [4.78, 5) is 36.5. The van der Waals surface area contributed by atoms with Crippen LogP contribution >= 0.6 is 0 Å². The van der Waals surface area contributed by atoms with Gasteiger partial charge in [0.2, 0.25) is 11.6 Å². The molecule has 1 aliphatic carbocycles. The molecule has 0 bridgehead atoms. The van der Waals surface area contributed by atoms with E-state index in [1.54, 1.807) is 12.1 Å². The summed E-state index contributed by atoms with van der Waals surface area (Å²) in [6.07, 6.45) is 0.917. The molecular weight excluding hydrogens is 308 g/mol. The standard InChI is InChI=1S/C15H10O6S/c1-22(19,20)7-11(16)12-6-10-13(17)8-4-2-3-5-9(8)14(18)15(10)21-12/h2-6H,7H2,1H3. The second-order valence-electron chi connectivity index (χ2n) is 5.05. The van der Waals surface area contributed by atoms with E-state index in [0.717, 1.165) is 12.3 Å². The average molecular weight is 318 g/mol. The molecule has 1 aromatic carbocycles. The van der Waals surface area contributed by atoms with Crippen LogP contribution < -0.4 is 0 Å². The van der Waals surface area contributed by atoms with Gasteiger partial charge in [0, 0.05) is 17.4 Å². The maximum atomic E-state index is 12.3. The Kier molecular flexibility index (Phi) is 3.10. The van der Waals surface area contributed by atoms with E-state index in [4.69, 9.17) is 4.42 Å².